The summed E-state index contributed by atoms with van der Waals surface area (Å²) in [6.45, 7) is 2.04. The number of hydrogen-bond donors (Lipinski definition) is 0. The van der Waals surface area contributed by atoms with Gasteiger partial charge in [-0.25, -0.2) is 0 Å². The van der Waals surface area contributed by atoms with E-state index in [1.54, 1.807) is 0 Å². The van der Waals surface area contributed by atoms with Crippen LogP contribution in [0.1, 0.15) is 11.1 Å². The Labute approximate surface area is 87.5 Å². The molecule has 0 aliphatic carbocycles. The minimum atomic E-state index is -2.50. The predicted octanol–water partition coefficient (Wildman–Crippen LogP) is 4.71. The van der Waals surface area contributed by atoms with E-state index in [1.807, 2.05) is 31.2 Å². The summed E-state index contributed by atoms with van der Waals surface area (Å²) >= 11 is 17.3. The van der Waals surface area contributed by atoms with Crippen molar-refractivity contribution >= 4 is 39.0 Å². The third kappa shape index (κ3) is 3.96. The Balaban J connectivity index is 2.71. The first kappa shape index (κ1) is 10.6. The second-order valence-electron chi connectivity index (χ2n) is 2.78. The molecule has 0 radical (unpaired) electrons. The Hall–Kier alpha value is 0.520. The fourth-order valence-corrected chi connectivity index (χ4v) is 3.02. The Morgan fingerprint density at radius 3 is 2.00 bits per heavy atom. The van der Waals surface area contributed by atoms with E-state index >= 15 is 0 Å². The first-order chi connectivity index (χ1) is 5.47. The quantitative estimate of drug-likeness (QED) is 0.660. The van der Waals surface area contributed by atoms with Crippen LogP contribution < -0.4 is 0 Å². The van der Waals surface area contributed by atoms with E-state index in [1.165, 1.54) is 5.56 Å². The molecule has 0 aliphatic rings. The first-order valence-electron chi connectivity index (χ1n) is 3.60. The zero-order valence-electron chi connectivity index (χ0n) is 6.65. The summed E-state index contributed by atoms with van der Waals surface area (Å²) in [6, 6.07) is 8.06. The number of halogens is 3. The zero-order chi connectivity index (χ0) is 9.19. The van der Waals surface area contributed by atoms with Crippen LogP contribution >= 0.6 is 39.0 Å². The maximum atomic E-state index is 5.78. The molecule has 1 aromatic rings. The Bertz CT molecular complexity index is 250. The van der Waals surface area contributed by atoms with Gasteiger partial charge >= 0.3 is 87.5 Å². The van der Waals surface area contributed by atoms with E-state index < -0.39 is 5.32 Å². The van der Waals surface area contributed by atoms with Crippen LogP contribution in [0.25, 0.3) is 0 Å². The second kappa shape index (κ2) is 4.15. The van der Waals surface area contributed by atoms with E-state index in [0.717, 1.165) is 5.56 Å². The van der Waals surface area contributed by atoms with Gasteiger partial charge in [0.15, 0.2) is 0 Å². The monoisotopic (exact) mass is 242 g/mol. The molecule has 0 heterocycles. The van der Waals surface area contributed by atoms with Gasteiger partial charge in [-0.15, -0.1) is 0 Å². The van der Waals surface area contributed by atoms with Crippen molar-refractivity contribution in [1.82, 2.24) is 0 Å². The molecule has 4 heteroatoms. The molecule has 0 bridgehead atoms. The zero-order valence-corrected chi connectivity index (χ0v) is 9.92. The summed E-state index contributed by atoms with van der Waals surface area (Å²) in [6.07, 6.45) is 0.595. The van der Waals surface area contributed by atoms with Crippen LogP contribution in [0.3, 0.4) is 0 Å². The number of aryl methyl sites for hydroxylation is 1. The number of benzene rings is 1. The molecule has 0 N–H and O–H groups in total. The molecular weight excluding hydrogens is 233 g/mol. The van der Waals surface area contributed by atoms with Crippen LogP contribution in [0.2, 0.25) is 0 Å². The molecule has 0 saturated heterocycles. The van der Waals surface area contributed by atoms with Crippen molar-refractivity contribution in [3.05, 3.63) is 35.4 Å². The van der Waals surface area contributed by atoms with Gasteiger partial charge in [-0.2, -0.15) is 0 Å². The van der Waals surface area contributed by atoms with Gasteiger partial charge in [-0.3, -0.25) is 0 Å². The molecule has 1 aromatic carbocycles. The summed E-state index contributed by atoms with van der Waals surface area (Å²) < 4.78 is 0. The Kier molecular flexibility index (Phi) is 3.67. The van der Waals surface area contributed by atoms with Gasteiger partial charge in [0.05, 0.1) is 0 Å². The van der Waals surface area contributed by atoms with Crippen LogP contribution in [0.15, 0.2) is 24.3 Å². The molecular formula is C8H10Cl3P. The molecule has 0 aromatic heterocycles. The molecule has 0 atom stereocenters. The molecule has 0 nitrogen and oxygen atoms in total. The summed E-state index contributed by atoms with van der Waals surface area (Å²) in [4.78, 5) is 0. The topological polar surface area (TPSA) is 0 Å². The van der Waals surface area contributed by atoms with Crippen LogP contribution in [-0.2, 0) is 6.16 Å². The van der Waals surface area contributed by atoms with Gasteiger partial charge in [-0.05, 0) is 0 Å². The fraction of sp³-hybridized carbons (Fsp3) is 0.250. The molecule has 0 unspecified atom stereocenters. The van der Waals surface area contributed by atoms with E-state index in [0.29, 0.717) is 6.16 Å². The standard InChI is InChI=1S/C8H10Cl3P/c1-7-2-4-8(5-3-7)6-12(9,10)11/h2-5,12H,6H2,1H3. The predicted molar refractivity (Wildman–Crippen MR) is 60.8 cm³/mol. The van der Waals surface area contributed by atoms with Gasteiger partial charge in [-0.1, -0.05) is 0 Å². The average Bonchev–Trinajstić information content (AvgIpc) is 1.91. The molecule has 0 spiro atoms. The molecule has 0 amide bonds. The summed E-state index contributed by atoms with van der Waals surface area (Å²) in [5.41, 5.74) is 2.33. The third-order valence-corrected chi connectivity index (χ3v) is 3.54. The minimum absolute atomic E-state index is 0.595. The third-order valence-electron chi connectivity index (χ3n) is 1.53. The summed E-state index contributed by atoms with van der Waals surface area (Å²) in [5.74, 6) is 0. The van der Waals surface area contributed by atoms with Gasteiger partial charge in [0.25, 0.3) is 0 Å². The van der Waals surface area contributed by atoms with Crippen LogP contribution in [0, 0.1) is 6.92 Å². The van der Waals surface area contributed by atoms with Crippen molar-refractivity contribution in [2.75, 3.05) is 0 Å². The van der Waals surface area contributed by atoms with E-state index in [-0.39, 0.29) is 0 Å². The number of hydrogen-bond acceptors (Lipinski definition) is 0. The van der Waals surface area contributed by atoms with Gasteiger partial charge in [0.2, 0.25) is 0 Å². The van der Waals surface area contributed by atoms with E-state index in [2.05, 4.69) is 0 Å². The fourth-order valence-electron chi connectivity index (χ4n) is 0.937. The second-order valence-corrected chi connectivity index (χ2v) is 11.9. The van der Waals surface area contributed by atoms with Crippen LogP contribution in [0.5, 0.6) is 0 Å². The van der Waals surface area contributed by atoms with Crippen molar-refractivity contribution < 1.29 is 0 Å². The molecule has 68 valence electrons. The summed E-state index contributed by atoms with van der Waals surface area (Å²) in [5, 5.41) is -2.50. The molecule has 0 aliphatic heterocycles. The van der Waals surface area contributed by atoms with E-state index in [9.17, 15) is 0 Å². The Morgan fingerprint density at radius 2 is 1.58 bits per heavy atom. The Morgan fingerprint density at radius 1 is 1.08 bits per heavy atom. The molecule has 0 fully saturated rings. The maximum absolute atomic E-state index is 5.78. The normalized spacial score (nSPS) is 13.0. The molecule has 0 saturated carbocycles. The van der Waals surface area contributed by atoms with Crippen molar-refractivity contribution in [1.29, 1.82) is 0 Å². The summed E-state index contributed by atoms with van der Waals surface area (Å²) in [7, 11) is 0. The van der Waals surface area contributed by atoms with Crippen molar-refractivity contribution in [2.24, 2.45) is 0 Å². The van der Waals surface area contributed by atoms with Crippen molar-refractivity contribution in [3.8, 4) is 0 Å². The molecule has 1 rings (SSSR count). The van der Waals surface area contributed by atoms with Crippen molar-refractivity contribution in [3.63, 3.8) is 0 Å². The molecule has 12 heavy (non-hydrogen) atoms. The first-order valence-corrected chi connectivity index (χ1v) is 8.84. The number of rotatable bonds is 2. The van der Waals surface area contributed by atoms with Gasteiger partial charge < -0.3 is 0 Å². The van der Waals surface area contributed by atoms with E-state index in [4.69, 9.17) is 33.7 Å². The van der Waals surface area contributed by atoms with Gasteiger partial charge in [0.1, 0.15) is 0 Å². The van der Waals surface area contributed by atoms with Crippen LogP contribution in [-0.4, -0.2) is 0 Å². The average molecular weight is 244 g/mol. The van der Waals surface area contributed by atoms with Gasteiger partial charge in [0, 0.05) is 0 Å². The SMILES string of the molecule is Cc1ccc(C[PH](Cl)(Cl)Cl)cc1. The van der Waals surface area contributed by atoms with Crippen LogP contribution in [0.4, 0.5) is 0 Å². The van der Waals surface area contributed by atoms with Crippen molar-refractivity contribution in [2.45, 2.75) is 13.1 Å².